The second-order valence-corrected chi connectivity index (χ2v) is 7.33. The van der Waals surface area contributed by atoms with E-state index >= 15 is 0 Å². The Morgan fingerprint density at radius 3 is 2.40 bits per heavy atom. The molecule has 0 saturated carbocycles. The molecule has 2 rings (SSSR count). The molecule has 1 heterocycles. The van der Waals surface area contributed by atoms with E-state index in [1.165, 1.54) is 12.1 Å². The normalized spacial score (nSPS) is 15.0. The fourth-order valence-electron chi connectivity index (χ4n) is 2.56. The molecule has 1 aromatic rings. The van der Waals surface area contributed by atoms with Gasteiger partial charge >= 0.3 is 12.1 Å². The SMILES string of the molecule is CCOC(=O)N1CCN(c2ccc(NS(C)(=O)=O)c(C(=O)O)c2)CC1. The van der Waals surface area contributed by atoms with E-state index in [9.17, 15) is 23.1 Å². The molecule has 0 spiro atoms. The van der Waals surface area contributed by atoms with Crippen LogP contribution in [0.5, 0.6) is 0 Å². The number of hydrogen-bond donors (Lipinski definition) is 2. The second-order valence-electron chi connectivity index (χ2n) is 5.58. The van der Waals surface area contributed by atoms with E-state index in [2.05, 4.69) is 4.72 Å². The molecule has 0 bridgehead atoms. The summed E-state index contributed by atoms with van der Waals surface area (Å²) in [7, 11) is -3.58. The van der Waals surface area contributed by atoms with Gasteiger partial charge in [-0.15, -0.1) is 0 Å². The van der Waals surface area contributed by atoms with Gasteiger partial charge in [-0.1, -0.05) is 0 Å². The first-order valence-electron chi connectivity index (χ1n) is 7.73. The van der Waals surface area contributed by atoms with Crippen molar-refractivity contribution >= 4 is 33.5 Å². The summed E-state index contributed by atoms with van der Waals surface area (Å²) in [6.07, 6.45) is 0.599. The lowest BCUT2D eigenvalue weighted by atomic mass is 10.1. The summed E-state index contributed by atoms with van der Waals surface area (Å²) in [6.45, 7) is 4.03. The van der Waals surface area contributed by atoms with E-state index in [1.54, 1.807) is 17.9 Å². The summed E-state index contributed by atoms with van der Waals surface area (Å²) in [4.78, 5) is 26.7. The van der Waals surface area contributed by atoms with Crippen molar-refractivity contribution in [2.24, 2.45) is 0 Å². The van der Waals surface area contributed by atoms with Gasteiger partial charge in [-0.25, -0.2) is 18.0 Å². The van der Waals surface area contributed by atoms with Crippen molar-refractivity contribution in [1.82, 2.24) is 4.90 Å². The van der Waals surface area contributed by atoms with Crippen molar-refractivity contribution in [3.05, 3.63) is 23.8 Å². The van der Waals surface area contributed by atoms with Crippen molar-refractivity contribution in [1.29, 1.82) is 0 Å². The predicted octanol–water partition coefficient (Wildman–Crippen LogP) is 1.03. The van der Waals surface area contributed by atoms with Crippen LogP contribution in [0.3, 0.4) is 0 Å². The Bertz CT molecular complexity index is 757. The molecular weight excluding hydrogens is 350 g/mol. The molecule has 0 unspecified atom stereocenters. The number of aromatic carboxylic acids is 1. The maximum Gasteiger partial charge on any atom is 0.409 e. The summed E-state index contributed by atoms with van der Waals surface area (Å²) in [5.41, 5.74) is 0.541. The molecule has 0 radical (unpaired) electrons. The maximum atomic E-state index is 11.7. The monoisotopic (exact) mass is 371 g/mol. The lowest BCUT2D eigenvalue weighted by molar-refractivity contribution is 0.0698. The fraction of sp³-hybridized carbons (Fsp3) is 0.467. The van der Waals surface area contributed by atoms with Crippen LogP contribution in [0.2, 0.25) is 0 Å². The van der Waals surface area contributed by atoms with Gasteiger partial charge in [0.05, 0.1) is 24.1 Å². The first kappa shape index (κ1) is 18.8. The molecule has 1 aromatic carbocycles. The summed E-state index contributed by atoms with van der Waals surface area (Å²) >= 11 is 0. The molecule has 0 aromatic heterocycles. The first-order valence-corrected chi connectivity index (χ1v) is 9.62. The van der Waals surface area contributed by atoms with Crippen molar-refractivity contribution in [2.45, 2.75) is 6.92 Å². The molecule has 138 valence electrons. The van der Waals surface area contributed by atoms with Crippen LogP contribution >= 0.6 is 0 Å². The van der Waals surface area contributed by atoms with Crippen LogP contribution < -0.4 is 9.62 Å². The zero-order valence-electron chi connectivity index (χ0n) is 14.1. The first-order chi connectivity index (χ1) is 11.7. The number of sulfonamides is 1. The van der Waals surface area contributed by atoms with Crippen LogP contribution in [0.25, 0.3) is 0 Å². The third-order valence-corrected chi connectivity index (χ3v) is 4.29. The third kappa shape index (κ3) is 4.99. The molecule has 9 nitrogen and oxygen atoms in total. The summed E-state index contributed by atoms with van der Waals surface area (Å²) < 4.78 is 29.9. The number of nitrogens with one attached hydrogen (secondary N) is 1. The predicted molar refractivity (Wildman–Crippen MR) is 92.7 cm³/mol. The third-order valence-electron chi connectivity index (χ3n) is 3.70. The van der Waals surface area contributed by atoms with Gasteiger partial charge in [0, 0.05) is 31.9 Å². The van der Waals surface area contributed by atoms with E-state index < -0.39 is 16.0 Å². The highest BCUT2D eigenvalue weighted by Crippen LogP contribution is 2.25. The smallest absolute Gasteiger partial charge is 0.409 e. The summed E-state index contributed by atoms with van der Waals surface area (Å²) in [5.74, 6) is -1.22. The molecule has 1 saturated heterocycles. The van der Waals surface area contributed by atoms with Gasteiger partial charge in [0.25, 0.3) is 0 Å². The molecule has 25 heavy (non-hydrogen) atoms. The van der Waals surface area contributed by atoms with Gasteiger partial charge < -0.3 is 19.6 Å². The minimum atomic E-state index is -3.58. The number of rotatable bonds is 5. The number of carbonyl (C=O) groups is 2. The largest absolute Gasteiger partial charge is 0.478 e. The lowest BCUT2D eigenvalue weighted by Gasteiger charge is -2.35. The zero-order valence-corrected chi connectivity index (χ0v) is 14.9. The van der Waals surface area contributed by atoms with Crippen molar-refractivity contribution < 1.29 is 27.9 Å². The van der Waals surface area contributed by atoms with Crippen molar-refractivity contribution in [3.63, 3.8) is 0 Å². The number of anilines is 2. The number of carbonyl (C=O) groups excluding carboxylic acids is 1. The number of nitrogens with zero attached hydrogens (tertiary/aromatic N) is 2. The van der Waals surface area contributed by atoms with Crippen LogP contribution in [0.4, 0.5) is 16.2 Å². The number of piperazine rings is 1. The standard InChI is InChI=1S/C15H21N3O6S/c1-3-24-15(21)18-8-6-17(7-9-18)11-4-5-13(16-25(2,22)23)12(10-11)14(19)20/h4-5,10,16H,3,6-9H2,1-2H3,(H,19,20). The number of amides is 1. The Kier molecular flexibility index (Phi) is 5.73. The number of benzene rings is 1. The minimum absolute atomic E-state index is 0.0175. The molecule has 2 N–H and O–H groups in total. The number of ether oxygens (including phenoxy) is 1. The van der Waals surface area contributed by atoms with E-state index in [0.717, 1.165) is 6.26 Å². The van der Waals surface area contributed by atoms with Gasteiger partial charge in [-0.3, -0.25) is 4.72 Å². The summed E-state index contributed by atoms with van der Waals surface area (Å²) in [6, 6.07) is 4.51. The van der Waals surface area contributed by atoms with Crippen LogP contribution in [0.15, 0.2) is 18.2 Å². The molecular formula is C15H21N3O6S. The number of carboxylic acids is 1. The van der Waals surface area contributed by atoms with Gasteiger partial charge in [0.15, 0.2) is 0 Å². The van der Waals surface area contributed by atoms with Crippen molar-refractivity contribution in [3.8, 4) is 0 Å². The lowest BCUT2D eigenvalue weighted by Crippen LogP contribution is -2.49. The molecule has 1 aliphatic heterocycles. The molecule has 1 amide bonds. The van der Waals surface area contributed by atoms with Crippen LogP contribution in [-0.2, 0) is 14.8 Å². The highest BCUT2D eigenvalue weighted by Gasteiger charge is 2.23. The highest BCUT2D eigenvalue weighted by atomic mass is 32.2. The topological polar surface area (TPSA) is 116 Å². The van der Waals surface area contributed by atoms with Gasteiger partial charge in [-0.05, 0) is 25.1 Å². The maximum absolute atomic E-state index is 11.7. The Morgan fingerprint density at radius 1 is 1.24 bits per heavy atom. The van der Waals surface area contributed by atoms with Gasteiger partial charge in [0.2, 0.25) is 10.0 Å². The van der Waals surface area contributed by atoms with Crippen LogP contribution in [0, 0.1) is 0 Å². The van der Waals surface area contributed by atoms with E-state index in [0.29, 0.717) is 38.5 Å². The Hall–Kier alpha value is -2.49. The van der Waals surface area contributed by atoms with E-state index in [1.807, 2.05) is 4.90 Å². The Morgan fingerprint density at radius 2 is 1.88 bits per heavy atom. The number of hydrogen-bond acceptors (Lipinski definition) is 6. The van der Waals surface area contributed by atoms with Gasteiger partial charge in [-0.2, -0.15) is 0 Å². The molecule has 0 atom stereocenters. The molecule has 10 heteroatoms. The minimum Gasteiger partial charge on any atom is -0.478 e. The second kappa shape index (κ2) is 7.60. The van der Waals surface area contributed by atoms with Crippen molar-refractivity contribution in [2.75, 3.05) is 48.7 Å². The average molecular weight is 371 g/mol. The van der Waals surface area contributed by atoms with E-state index in [4.69, 9.17) is 4.74 Å². The van der Waals surface area contributed by atoms with Gasteiger partial charge in [0.1, 0.15) is 0 Å². The fourth-order valence-corrected chi connectivity index (χ4v) is 3.13. The highest BCUT2D eigenvalue weighted by molar-refractivity contribution is 7.92. The quantitative estimate of drug-likeness (QED) is 0.794. The molecule has 1 aliphatic rings. The summed E-state index contributed by atoms with van der Waals surface area (Å²) in [5, 5.41) is 9.34. The average Bonchev–Trinajstić information content (AvgIpc) is 2.54. The van der Waals surface area contributed by atoms with Crippen LogP contribution in [0.1, 0.15) is 17.3 Å². The Balaban J connectivity index is 2.14. The Labute approximate surface area is 146 Å². The molecule has 0 aliphatic carbocycles. The van der Waals surface area contributed by atoms with E-state index in [-0.39, 0.29) is 17.3 Å². The van der Waals surface area contributed by atoms with Crippen LogP contribution in [-0.4, -0.2) is 69.5 Å². The number of carboxylic acid groups (broad SMARTS) is 1. The zero-order chi connectivity index (χ0) is 18.6. The molecule has 1 fully saturated rings.